The van der Waals surface area contributed by atoms with Gasteiger partial charge in [-0.05, 0) is 37.3 Å². The molecule has 0 fully saturated rings. The van der Waals surface area contributed by atoms with E-state index in [2.05, 4.69) is 5.32 Å². The lowest BCUT2D eigenvalue weighted by Gasteiger charge is -2.11. The van der Waals surface area contributed by atoms with Crippen molar-refractivity contribution in [2.45, 2.75) is 13.5 Å². The van der Waals surface area contributed by atoms with Crippen molar-refractivity contribution in [2.75, 3.05) is 25.6 Å². The molecule has 27 heavy (non-hydrogen) atoms. The first kappa shape index (κ1) is 21.0. The van der Waals surface area contributed by atoms with Gasteiger partial charge in [-0.15, -0.1) is 0 Å². The highest BCUT2D eigenvalue weighted by atomic mass is 35.5. The van der Waals surface area contributed by atoms with Gasteiger partial charge in [-0.2, -0.15) is 0 Å². The molecule has 0 bridgehead atoms. The zero-order valence-electron chi connectivity index (χ0n) is 14.9. The van der Waals surface area contributed by atoms with Crippen molar-refractivity contribution in [1.82, 2.24) is 0 Å². The van der Waals surface area contributed by atoms with Crippen molar-refractivity contribution in [1.29, 1.82) is 0 Å². The van der Waals surface area contributed by atoms with Crippen molar-refractivity contribution in [3.63, 3.8) is 0 Å². The van der Waals surface area contributed by atoms with Crippen molar-refractivity contribution in [3.05, 3.63) is 57.6 Å². The third-order valence-corrected chi connectivity index (χ3v) is 4.17. The molecular formula is C19H19Cl2NO5. The molecule has 0 radical (unpaired) electrons. The Morgan fingerprint density at radius 1 is 1.11 bits per heavy atom. The molecule has 0 spiro atoms. The van der Waals surface area contributed by atoms with Gasteiger partial charge in [0, 0.05) is 12.2 Å². The van der Waals surface area contributed by atoms with E-state index in [-0.39, 0.29) is 21.3 Å². The number of carbonyl (C=O) groups excluding carboxylic acids is 2. The Morgan fingerprint density at radius 2 is 1.81 bits per heavy atom. The second-order valence-corrected chi connectivity index (χ2v) is 6.20. The Kier molecular flexibility index (Phi) is 7.91. The summed E-state index contributed by atoms with van der Waals surface area (Å²) in [6.07, 6.45) is 0. The number of esters is 1. The molecule has 0 aliphatic rings. The lowest BCUT2D eigenvalue weighted by molar-refractivity contribution is -0.119. The van der Waals surface area contributed by atoms with E-state index in [4.69, 9.17) is 37.4 Å². The van der Waals surface area contributed by atoms with Crippen LogP contribution in [-0.2, 0) is 20.9 Å². The van der Waals surface area contributed by atoms with Gasteiger partial charge < -0.3 is 19.5 Å². The minimum atomic E-state index is -0.643. The Hall–Kier alpha value is -2.28. The zero-order valence-corrected chi connectivity index (χ0v) is 16.4. The van der Waals surface area contributed by atoms with Crippen LogP contribution < -0.4 is 10.1 Å². The molecule has 1 amide bonds. The second-order valence-electron chi connectivity index (χ2n) is 5.38. The number of nitrogens with one attached hydrogen (secondary N) is 1. The van der Waals surface area contributed by atoms with Gasteiger partial charge in [0.05, 0.1) is 35.0 Å². The molecule has 2 aromatic carbocycles. The first-order valence-corrected chi connectivity index (χ1v) is 8.87. The minimum Gasteiger partial charge on any atom is -0.496 e. The Labute approximate surface area is 167 Å². The molecule has 0 aromatic heterocycles. The van der Waals surface area contributed by atoms with Crippen LogP contribution >= 0.6 is 23.2 Å². The lowest BCUT2D eigenvalue weighted by Crippen LogP contribution is -2.21. The number of benzene rings is 2. The number of hydrogen-bond donors (Lipinski definition) is 1. The van der Waals surface area contributed by atoms with Crippen LogP contribution in [0.25, 0.3) is 0 Å². The summed E-state index contributed by atoms with van der Waals surface area (Å²) in [5, 5.41) is 3.10. The van der Waals surface area contributed by atoms with Crippen LogP contribution in [0.4, 0.5) is 5.69 Å². The van der Waals surface area contributed by atoms with Gasteiger partial charge in [0.25, 0.3) is 5.91 Å². The molecule has 0 unspecified atom stereocenters. The van der Waals surface area contributed by atoms with Crippen LogP contribution in [0.15, 0.2) is 36.4 Å². The van der Waals surface area contributed by atoms with Gasteiger partial charge in [0.2, 0.25) is 0 Å². The molecule has 144 valence electrons. The van der Waals surface area contributed by atoms with E-state index in [1.807, 2.05) is 6.92 Å². The molecule has 0 aliphatic carbocycles. The Bertz CT molecular complexity index is 805. The summed E-state index contributed by atoms with van der Waals surface area (Å²) in [6.45, 7) is 2.22. The van der Waals surface area contributed by atoms with Gasteiger partial charge >= 0.3 is 5.97 Å². The highest BCUT2D eigenvalue weighted by molar-refractivity contribution is 6.39. The minimum absolute atomic E-state index is 0.269. The van der Waals surface area contributed by atoms with E-state index in [0.717, 1.165) is 0 Å². The van der Waals surface area contributed by atoms with Gasteiger partial charge in [-0.1, -0.05) is 29.3 Å². The van der Waals surface area contributed by atoms with Crippen LogP contribution in [0.2, 0.25) is 10.0 Å². The molecule has 0 saturated heterocycles. The average molecular weight is 412 g/mol. The van der Waals surface area contributed by atoms with E-state index in [1.54, 1.807) is 36.4 Å². The van der Waals surface area contributed by atoms with Crippen LogP contribution in [0, 0.1) is 0 Å². The molecule has 8 heteroatoms. The molecule has 0 saturated carbocycles. The lowest BCUT2D eigenvalue weighted by atomic mass is 10.1. The molecule has 2 rings (SSSR count). The van der Waals surface area contributed by atoms with Crippen molar-refractivity contribution >= 4 is 40.8 Å². The maximum atomic E-state index is 12.2. The summed E-state index contributed by atoms with van der Waals surface area (Å²) in [4.78, 5) is 24.2. The summed E-state index contributed by atoms with van der Waals surface area (Å²) < 4.78 is 15.7. The predicted molar refractivity (Wildman–Crippen MR) is 104 cm³/mol. The number of methoxy groups -OCH3 is 1. The van der Waals surface area contributed by atoms with Crippen molar-refractivity contribution in [2.24, 2.45) is 0 Å². The number of hydrogen-bond acceptors (Lipinski definition) is 5. The van der Waals surface area contributed by atoms with Gasteiger partial charge in [-0.3, -0.25) is 4.79 Å². The number of anilines is 1. The summed E-state index contributed by atoms with van der Waals surface area (Å²) in [7, 11) is 1.53. The first-order valence-electron chi connectivity index (χ1n) is 8.11. The van der Waals surface area contributed by atoms with E-state index < -0.39 is 18.5 Å². The average Bonchev–Trinajstić information content (AvgIpc) is 2.67. The number of amides is 1. The van der Waals surface area contributed by atoms with E-state index >= 15 is 0 Å². The maximum absolute atomic E-state index is 12.2. The smallest absolute Gasteiger partial charge is 0.338 e. The number of ether oxygens (including phenoxy) is 3. The molecular weight excluding hydrogens is 393 g/mol. The predicted octanol–water partition coefficient (Wildman–Crippen LogP) is 4.33. The fourth-order valence-corrected chi connectivity index (χ4v) is 2.73. The summed E-state index contributed by atoms with van der Waals surface area (Å²) in [6, 6.07) is 9.65. The Morgan fingerprint density at radius 3 is 2.44 bits per heavy atom. The van der Waals surface area contributed by atoms with Crippen molar-refractivity contribution in [3.8, 4) is 5.75 Å². The van der Waals surface area contributed by atoms with Gasteiger partial charge in [0.15, 0.2) is 6.61 Å². The normalized spacial score (nSPS) is 10.4. The summed E-state index contributed by atoms with van der Waals surface area (Å²) in [5.74, 6) is -0.594. The topological polar surface area (TPSA) is 73.9 Å². The third-order valence-electron chi connectivity index (χ3n) is 3.54. The second kappa shape index (κ2) is 10.2. The monoisotopic (exact) mass is 411 g/mol. The molecule has 2 aromatic rings. The van der Waals surface area contributed by atoms with E-state index in [9.17, 15) is 9.59 Å². The highest BCUT2D eigenvalue weighted by Crippen LogP contribution is 2.29. The fourth-order valence-electron chi connectivity index (χ4n) is 2.24. The molecule has 0 atom stereocenters. The molecule has 1 N–H and O–H groups in total. The third kappa shape index (κ3) is 5.85. The van der Waals surface area contributed by atoms with E-state index in [0.29, 0.717) is 24.5 Å². The van der Waals surface area contributed by atoms with Gasteiger partial charge in [-0.25, -0.2) is 4.79 Å². The summed E-state index contributed by atoms with van der Waals surface area (Å²) >= 11 is 12.0. The van der Waals surface area contributed by atoms with Gasteiger partial charge in [0.1, 0.15) is 5.75 Å². The number of rotatable bonds is 8. The highest BCUT2D eigenvalue weighted by Gasteiger charge is 2.15. The molecule has 6 nitrogen and oxygen atoms in total. The number of halogens is 2. The largest absolute Gasteiger partial charge is 0.496 e. The molecule has 0 heterocycles. The van der Waals surface area contributed by atoms with E-state index in [1.165, 1.54) is 7.11 Å². The molecule has 0 aliphatic heterocycles. The van der Waals surface area contributed by atoms with Crippen LogP contribution in [0.1, 0.15) is 22.8 Å². The number of carbonyl (C=O) groups is 2. The quantitative estimate of drug-likeness (QED) is 0.654. The SMILES string of the molecule is CCOCc1cc(C(=O)OCC(=O)Nc2c(Cl)cccc2Cl)ccc1OC. The van der Waals surface area contributed by atoms with Crippen LogP contribution in [-0.4, -0.2) is 32.2 Å². The number of para-hydroxylation sites is 1. The standard InChI is InChI=1S/C19H19Cl2NO5/c1-3-26-10-13-9-12(7-8-16(13)25-2)19(24)27-11-17(23)22-18-14(20)5-4-6-15(18)21/h4-9H,3,10-11H2,1-2H3,(H,22,23). The van der Waals surface area contributed by atoms with Crippen LogP contribution in [0.3, 0.4) is 0 Å². The van der Waals surface area contributed by atoms with Crippen LogP contribution in [0.5, 0.6) is 5.75 Å². The van der Waals surface area contributed by atoms with Crippen molar-refractivity contribution < 1.29 is 23.8 Å². The maximum Gasteiger partial charge on any atom is 0.338 e. The first-order chi connectivity index (χ1) is 13.0. The zero-order chi connectivity index (χ0) is 19.8. The Balaban J connectivity index is 1.99. The summed E-state index contributed by atoms with van der Waals surface area (Å²) in [5.41, 5.74) is 1.26. The fraction of sp³-hybridized carbons (Fsp3) is 0.263.